The highest BCUT2D eigenvalue weighted by molar-refractivity contribution is 7.88. The van der Waals surface area contributed by atoms with Gasteiger partial charge in [-0.05, 0) is 18.8 Å². The number of sulfonamides is 1. The van der Waals surface area contributed by atoms with E-state index in [1.165, 1.54) is 16.8 Å². The van der Waals surface area contributed by atoms with Gasteiger partial charge in [0.2, 0.25) is 15.9 Å². The molecule has 3 heterocycles. The summed E-state index contributed by atoms with van der Waals surface area (Å²) in [7, 11) is -3.10. The molecule has 7 nitrogen and oxygen atoms in total. The maximum absolute atomic E-state index is 11.5. The van der Waals surface area contributed by atoms with Crippen LogP contribution in [0.1, 0.15) is 12.1 Å². The van der Waals surface area contributed by atoms with Crippen LogP contribution in [0.4, 0.5) is 0 Å². The summed E-state index contributed by atoms with van der Waals surface area (Å²) < 4.78 is 29.8. The molecule has 1 saturated heterocycles. The normalized spacial score (nSPS) is 20.0. The van der Waals surface area contributed by atoms with Crippen LogP contribution in [0.2, 0.25) is 0 Å². The zero-order valence-corrected chi connectivity index (χ0v) is 12.5. The van der Waals surface area contributed by atoms with Gasteiger partial charge in [-0.15, -0.1) is 0 Å². The van der Waals surface area contributed by atoms with E-state index in [2.05, 4.69) is 15.0 Å². The summed E-state index contributed by atoms with van der Waals surface area (Å²) in [5.41, 5.74) is 1.42. The summed E-state index contributed by atoms with van der Waals surface area (Å²) in [4.78, 5) is 12.7. The van der Waals surface area contributed by atoms with Gasteiger partial charge >= 0.3 is 0 Å². The van der Waals surface area contributed by atoms with E-state index in [0.29, 0.717) is 31.1 Å². The highest BCUT2D eigenvalue weighted by Crippen LogP contribution is 2.22. The van der Waals surface area contributed by atoms with E-state index >= 15 is 0 Å². The SMILES string of the molecule is CS(=O)(=O)N1CC[C@H](Cc2cncc(-c3ncco3)n2)C1. The lowest BCUT2D eigenvalue weighted by atomic mass is 10.0. The summed E-state index contributed by atoms with van der Waals surface area (Å²) in [6.07, 6.45) is 9.15. The fourth-order valence-corrected chi connectivity index (χ4v) is 3.44. The van der Waals surface area contributed by atoms with Crippen molar-refractivity contribution >= 4 is 10.0 Å². The third-order valence-corrected chi connectivity index (χ3v) is 4.82. The van der Waals surface area contributed by atoms with Crippen LogP contribution in [-0.2, 0) is 16.4 Å². The van der Waals surface area contributed by atoms with Crippen LogP contribution in [0.25, 0.3) is 11.6 Å². The Hall–Kier alpha value is -1.80. The predicted molar refractivity (Wildman–Crippen MR) is 75.8 cm³/mol. The van der Waals surface area contributed by atoms with Crippen molar-refractivity contribution in [2.24, 2.45) is 5.92 Å². The van der Waals surface area contributed by atoms with Crippen molar-refractivity contribution in [1.29, 1.82) is 0 Å². The lowest BCUT2D eigenvalue weighted by molar-refractivity contribution is 0.459. The molecule has 0 bridgehead atoms. The molecule has 1 atom stereocenters. The largest absolute Gasteiger partial charge is 0.443 e. The number of rotatable bonds is 4. The van der Waals surface area contributed by atoms with Gasteiger partial charge in [0.1, 0.15) is 12.0 Å². The van der Waals surface area contributed by atoms with E-state index in [4.69, 9.17) is 4.42 Å². The van der Waals surface area contributed by atoms with Crippen LogP contribution >= 0.6 is 0 Å². The molecular weight excluding hydrogens is 292 g/mol. The minimum atomic E-state index is -3.10. The lowest BCUT2D eigenvalue weighted by Crippen LogP contribution is -2.27. The van der Waals surface area contributed by atoms with Crippen molar-refractivity contribution in [3.8, 4) is 11.6 Å². The second kappa shape index (κ2) is 5.53. The zero-order valence-electron chi connectivity index (χ0n) is 11.6. The topological polar surface area (TPSA) is 89.2 Å². The van der Waals surface area contributed by atoms with Crippen LogP contribution < -0.4 is 0 Å². The molecule has 3 rings (SSSR count). The fourth-order valence-electron chi connectivity index (χ4n) is 2.52. The molecule has 112 valence electrons. The second-order valence-corrected chi connectivity index (χ2v) is 7.20. The van der Waals surface area contributed by atoms with Gasteiger partial charge in [-0.1, -0.05) is 0 Å². The average Bonchev–Trinajstić information content (AvgIpc) is 3.09. The highest BCUT2D eigenvalue weighted by atomic mass is 32.2. The molecular formula is C13H16N4O3S. The third kappa shape index (κ3) is 3.27. The van der Waals surface area contributed by atoms with E-state index in [1.54, 1.807) is 18.6 Å². The molecule has 1 aliphatic heterocycles. The molecule has 1 fully saturated rings. The molecule has 0 radical (unpaired) electrons. The molecule has 0 N–H and O–H groups in total. The first-order valence-corrected chi connectivity index (χ1v) is 8.53. The first-order chi connectivity index (χ1) is 10.0. The van der Waals surface area contributed by atoms with Crippen molar-refractivity contribution in [3.63, 3.8) is 0 Å². The molecule has 0 unspecified atom stereocenters. The van der Waals surface area contributed by atoms with E-state index in [1.807, 2.05) is 0 Å². The molecule has 0 aliphatic carbocycles. The van der Waals surface area contributed by atoms with Gasteiger partial charge in [-0.25, -0.2) is 22.7 Å². The Kier molecular flexibility index (Phi) is 3.73. The molecule has 0 aromatic carbocycles. The first-order valence-electron chi connectivity index (χ1n) is 6.68. The summed E-state index contributed by atoms with van der Waals surface area (Å²) >= 11 is 0. The van der Waals surface area contributed by atoms with Crippen LogP contribution in [0.5, 0.6) is 0 Å². The van der Waals surface area contributed by atoms with Crippen molar-refractivity contribution < 1.29 is 12.8 Å². The fraction of sp³-hybridized carbons (Fsp3) is 0.462. The molecule has 0 spiro atoms. The monoisotopic (exact) mass is 308 g/mol. The van der Waals surface area contributed by atoms with Crippen LogP contribution in [-0.4, -0.2) is 47.0 Å². The van der Waals surface area contributed by atoms with E-state index in [9.17, 15) is 8.42 Å². The molecule has 0 amide bonds. The van der Waals surface area contributed by atoms with Crippen molar-refractivity contribution in [2.45, 2.75) is 12.8 Å². The summed E-state index contributed by atoms with van der Waals surface area (Å²) in [6.45, 7) is 1.13. The Morgan fingerprint density at radius 1 is 1.43 bits per heavy atom. The Morgan fingerprint density at radius 2 is 2.29 bits per heavy atom. The molecule has 2 aromatic heterocycles. The second-order valence-electron chi connectivity index (χ2n) is 5.21. The molecule has 1 aliphatic rings. The minimum absolute atomic E-state index is 0.272. The summed E-state index contributed by atoms with van der Waals surface area (Å²) in [5, 5.41) is 0. The highest BCUT2D eigenvalue weighted by Gasteiger charge is 2.28. The Labute approximate surface area is 123 Å². The minimum Gasteiger partial charge on any atom is -0.443 e. The van der Waals surface area contributed by atoms with Gasteiger partial charge in [-0.3, -0.25) is 4.98 Å². The van der Waals surface area contributed by atoms with Gasteiger partial charge in [0.05, 0.1) is 24.3 Å². The first kappa shape index (κ1) is 14.2. The van der Waals surface area contributed by atoms with Gasteiger partial charge in [0.25, 0.3) is 0 Å². The third-order valence-electron chi connectivity index (χ3n) is 3.55. The Morgan fingerprint density at radius 3 is 2.95 bits per heavy atom. The molecule has 0 saturated carbocycles. The summed E-state index contributed by atoms with van der Waals surface area (Å²) in [5.74, 6) is 0.711. The number of nitrogens with zero attached hydrogens (tertiary/aromatic N) is 4. The van der Waals surface area contributed by atoms with Crippen LogP contribution in [0.3, 0.4) is 0 Å². The summed E-state index contributed by atoms with van der Waals surface area (Å²) in [6, 6.07) is 0. The van der Waals surface area contributed by atoms with Gasteiger partial charge in [0.15, 0.2) is 0 Å². The molecule has 21 heavy (non-hydrogen) atoms. The zero-order chi connectivity index (χ0) is 14.9. The average molecular weight is 308 g/mol. The maximum Gasteiger partial charge on any atom is 0.246 e. The predicted octanol–water partition coefficient (Wildman–Crippen LogP) is 0.956. The Balaban J connectivity index is 1.71. The Bertz CT molecular complexity index is 715. The number of aromatic nitrogens is 3. The standard InChI is InChI=1S/C13H16N4O3S/c1-21(18,19)17-4-2-10(9-17)6-11-7-14-8-12(16-11)13-15-3-5-20-13/h3,5,7-8,10H,2,4,6,9H2,1H3/t10-/m1/s1. The molecule has 2 aromatic rings. The quantitative estimate of drug-likeness (QED) is 0.835. The molecule has 8 heteroatoms. The number of hydrogen-bond acceptors (Lipinski definition) is 6. The van der Waals surface area contributed by atoms with Gasteiger partial charge < -0.3 is 4.42 Å². The van der Waals surface area contributed by atoms with Gasteiger partial charge in [-0.2, -0.15) is 0 Å². The van der Waals surface area contributed by atoms with Crippen molar-refractivity contribution in [2.75, 3.05) is 19.3 Å². The van der Waals surface area contributed by atoms with E-state index in [-0.39, 0.29) is 5.92 Å². The van der Waals surface area contributed by atoms with E-state index < -0.39 is 10.0 Å². The van der Waals surface area contributed by atoms with Gasteiger partial charge in [0, 0.05) is 19.3 Å². The maximum atomic E-state index is 11.5. The van der Waals surface area contributed by atoms with Crippen LogP contribution in [0, 0.1) is 5.92 Å². The smallest absolute Gasteiger partial charge is 0.246 e. The van der Waals surface area contributed by atoms with Crippen molar-refractivity contribution in [1.82, 2.24) is 19.3 Å². The number of hydrogen-bond donors (Lipinski definition) is 0. The van der Waals surface area contributed by atoms with Crippen molar-refractivity contribution in [3.05, 3.63) is 30.5 Å². The van der Waals surface area contributed by atoms with Crippen LogP contribution in [0.15, 0.2) is 29.3 Å². The van der Waals surface area contributed by atoms with E-state index in [0.717, 1.165) is 12.1 Å². The number of oxazole rings is 1. The lowest BCUT2D eigenvalue weighted by Gasteiger charge is -2.13.